The number of hydrogen-bond donors (Lipinski definition) is 2. The molecule has 7 heteroatoms. The molecule has 23 heavy (non-hydrogen) atoms. The molecule has 1 aromatic rings. The van der Waals surface area contributed by atoms with Crippen LogP contribution in [0.5, 0.6) is 11.5 Å². The summed E-state index contributed by atoms with van der Waals surface area (Å²) in [5.74, 6) is 1.14. The Morgan fingerprint density at radius 1 is 1.30 bits per heavy atom. The summed E-state index contributed by atoms with van der Waals surface area (Å²) in [7, 11) is 3.11. The van der Waals surface area contributed by atoms with Gasteiger partial charge in [-0.05, 0) is 18.6 Å². The van der Waals surface area contributed by atoms with E-state index in [1.54, 1.807) is 37.3 Å². The fraction of sp³-hybridized carbons (Fsp3) is 0.500. The SMILES string of the molecule is CCCNC(=O)N[C@H]1CC(=O)N(c2ccc(OC)c(OC)c2)C1. The Morgan fingerprint density at radius 3 is 2.70 bits per heavy atom. The van der Waals surface area contributed by atoms with Gasteiger partial charge in [-0.2, -0.15) is 0 Å². The highest BCUT2D eigenvalue weighted by Gasteiger charge is 2.32. The topological polar surface area (TPSA) is 79.9 Å². The van der Waals surface area contributed by atoms with Crippen molar-refractivity contribution in [2.24, 2.45) is 0 Å². The molecule has 1 aromatic carbocycles. The number of methoxy groups -OCH3 is 2. The summed E-state index contributed by atoms with van der Waals surface area (Å²) < 4.78 is 10.5. The molecule has 0 aromatic heterocycles. The third-order valence-electron chi connectivity index (χ3n) is 3.67. The second kappa shape index (κ2) is 7.71. The van der Waals surface area contributed by atoms with Gasteiger partial charge in [-0.3, -0.25) is 4.79 Å². The van der Waals surface area contributed by atoms with E-state index in [2.05, 4.69) is 10.6 Å². The van der Waals surface area contributed by atoms with Gasteiger partial charge in [0.1, 0.15) is 0 Å². The molecule has 1 aliphatic heterocycles. The second-order valence-electron chi connectivity index (χ2n) is 5.34. The molecular formula is C16H23N3O4. The minimum absolute atomic E-state index is 0.0296. The number of nitrogens with zero attached hydrogens (tertiary/aromatic N) is 1. The molecule has 3 amide bonds. The fourth-order valence-electron chi connectivity index (χ4n) is 2.52. The molecule has 0 saturated carbocycles. The first kappa shape index (κ1) is 16.9. The number of amides is 3. The number of carbonyl (C=O) groups excluding carboxylic acids is 2. The zero-order valence-electron chi connectivity index (χ0n) is 13.7. The molecule has 126 valence electrons. The highest BCUT2D eigenvalue weighted by molar-refractivity contribution is 5.97. The quantitative estimate of drug-likeness (QED) is 0.832. The van der Waals surface area contributed by atoms with Gasteiger partial charge in [-0.15, -0.1) is 0 Å². The summed E-state index contributed by atoms with van der Waals surface area (Å²) in [6, 6.07) is 4.89. The molecule has 2 N–H and O–H groups in total. The van der Waals surface area contributed by atoms with Crippen molar-refractivity contribution in [3.8, 4) is 11.5 Å². The zero-order chi connectivity index (χ0) is 16.8. The third-order valence-corrected chi connectivity index (χ3v) is 3.67. The number of carbonyl (C=O) groups is 2. The monoisotopic (exact) mass is 321 g/mol. The van der Waals surface area contributed by atoms with E-state index in [1.165, 1.54) is 0 Å². The highest BCUT2D eigenvalue weighted by Crippen LogP contribution is 2.33. The first-order valence-electron chi connectivity index (χ1n) is 7.65. The number of benzene rings is 1. The molecule has 1 saturated heterocycles. The fourth-order valence-corrected chi connectivity index (χ4v) is 2.52. The van der Waals surface area contributed by atoms with Crippen molar-refractivity contribution >= 4 is 17.6 Å². The lowest BCUT2D eigenvalue weighted by Crippen LogP contribution is -2.43. The third kappa shape index (κ3) is 4.06. The maximum absolute atomic E-state index is 12.2. The Hall–Kier alpha value is -2.44. The van der Waals surface area contributed by atoms with Crippen LogP contribution in [-0.4, -0.2) is 45.3 Å². The summed E-state index contributed by atoms with van der Waals surface area (Å²) in [6.07, 6.45) is 1.16. The van der Waals surface area contributed by atoms with Crippen LogP contribution in [0.4, 0.5) is 10.5 Å². The van der Waals surface area contributed by atoms with Crippen molar-refractivity contribution in [1.82, 2.24) is 10.6 Å². The first-order chi connectivity index (χ1) is 11.1. The van der Waals surface area contributed by atoms with E-state index < -0.39 is 0 Å². The molecule has 2 rings (SSSR count). The molecule has 1 heterocycles. The summed E-state index contributed by atoms with van der Waals surface area (Å²) in [5.41, 5.74) is 0.728. The second-order valence-corrected chi connectivity index (χ2v) is 5.34. The van der Waals surface area contributed by atoms with Crippen molar-refractivity contribution in [3.05, 3.63) is 18.2 Å². The molecule has 0 bridgehead atoms. The first-order valence-corrected chi connectivity index (χ1v) is 7.65. The van der Waals surface area contributed by atoms with Crippen molar-refractivity contribution in [3.63, 3.8) is 0 Å². The highest BCUT2D eigenvalue weighted by atomic mass is 16.5. The smallest absolute Gasteiger partial charge is 0.315 e. The number of rotatable bonds is 6. The number of ether oxygens (including phenoxy) is 2. The molecule has 0 radical (unpaired) electrons. The summed E-state index contributed by atoms with van der Waals surface area (Å²) >= 11 is 0. The Kier molecular flexibility index (Phi) is 5.67. The van der Waals surface area contributed by atoms with E-state index in [0.29, 0.717) is 24.6 Å². The van der Waals surface area contributed by atoms with Gasteiger partial charge in [0.2, 0.25) is 5.91 Å². The van der Waals surface area contributed by atoms with Crippen LogP contribution in [0.25, 0.3) is 0 Å². The standard InChI is InChI=1S/C16H23N3O4/c1-4-7-17-16(21)18-11-8-15(20)19(10-11)12-5-6-13(22-2)14(9-12)23-3/h5-6,9,11H,4,7-8,10H2,1-3H3,(H2,17,18,21)/t11-/m0/s1. The summed E-state index contributed by atoms with van der Waals surface area (Å²) in [5, 5.41) is 5.57. The van der Waals surface area contributed by atoms with Crippen LogP contribution in [-0.2, 0) is 4.79 Å². The van der Waals surface area contributed by atoms with Gasteiger partial charge in [0.15, 0.2) is 11.5 Å². The van der Waals surface area contributed by atoms with Gasteiger partial charge in [0.25, 0.3) is 0 Å². The van der Waals surface area contributed by atoms with E-state index >= 15 is 0 Å². The van der Waals surface area contributed by atoms with Crippen LogP contribution in [0.1, 0.15) is 19.8 Å². The zero-order valence-corrected chi connectivity index (χ0v) is 13.7. The number of anilines is 1. The van der Waals surface area contributed by atoms with E-state index in [0.717, 1.165) is 12.1 Å². The van der Waals surface area contributed by atoms with Crippen LogP contribution in [0.3, 0.4) is 0 Å². The average molecular weight is 321 g/mol. The Morgan fingerprint density at radius 2 is 2.04 bits per heavy atom. The molecule has 0 unspecified atom stereocenters. The Balaban J connectivity index is 2.04. The van der Waals surface area contributed by atoms with E-state index in [9.17, 15) is 9.59 Å². The Bertz CT molecular complexity index is 576. The lowest BCUT2D eigenvalue weighted by Gasteiger charge is -2.19. The van der Waals surface area contributed by atoms with Crippen LogP contribution in [0.2, 0.25) is 0 Å². The van der Waals surface area contributed by atoms with Gasteiger partial charge < -0.3 is 25.0 Å². The van der Waals surface area contributed by atoms with Gasteiger partial charge in [0.05, 0.1) is 20.3 Å². The minimum atomic E-state index is -0.237. The molecule has 7 nitrogen and oxygen atoms in total. The largest absolute Gasteiger partial charge is 0.493 e. The average Bonchev–Trinajstić information content (AvgIpc) is 2.92. The molecular weight excluding hydrogens is 298 g/mol. The number of nitrogens with one attached hydrogen (secondary N) is 2. The van der Waals surface area contributed by atoms with Gasteiger partial charge in [0, 0.05) is 31.3 Å². The van der Waals surface area contributed by atoms with E-state index in [-0.39, 0.29) is 24.4 Å². The van der Waals surface area contributed by atoms with Crippen molar-refractivity contribution in [2.45, 2.75) is 25.8 Å². The molecule has 1 fully saturated rings. The number of hydrogen-bond acceptors (Lipinski definition) is 4. The van der Waals surface area contributed by atoms with Crippen molar-refractivity contribution in [2.75, 3.05) is 32.2 Å². The van der Waals surface area contributed by atoms with E-state index in [1.807, 2.05) is 6.92 Å². The molecule has 1 atom stereocenters. The lowest BCUT2D eigenvalue weighted by atomic mass is 10.2. The molecule has 1 aliphatic rings. The van der Waals surface area contributed by atoms with Crippen LogP contribution < -0.4 is 25.0 Å². The van der Waals surface area contributed by atoms with Gasteiger partial charge >= 0.3 is 6.03 Å². The number of urea groups is 1. The van der Waals surface area contributed by atoms with Crippen LogP contribution in [0, 0.1) is 0 Å². The lowest BCUT2D eigenvalue weighted by molar-refractivity contribution is -0.117. The van der Waals surface area contributed by atoms with Gasteiger partial charge in [-0.1, -0.05) is 6.92 Å². The van der Waals surface area contributed by atoms with E-state index in [4.69, 9.17) is 9.47 Å². The summed E-state index contributed by atoms with van der Waals surface area (Å²) in [6.45, 7) is 3.04. The van der Waals surface area contributed by atoms with Crippen molar-refractivity contribution in [1.29, 1.82) is 0 Å². The predicted octanol–water partition coefficient (Wildman–Crippen LogP) is 1.52. The molecule has 0 spiro atoms. The van der Waals surface area contributed by atoms with Gasteiger partial charge in [-0.25, -0.2) is 4.79 Å². The van der Waals surface area contributed by atoms with Crippen LogP contribution in [0.15, 0.2) is 18.2 Å². The normalized spacial score (nSPS) is 17.1. The maximum atomic E-state index is 12.2. The van der Waals surface area contributed by atoms with Crippen LogP contribution >= 0.6 is 0 Å². The maximum Gasteiger partial charge on any atom is 0.315 e. The van der Waals surface area contributed by atoms with Crippen molar-refractivity contribution < 1.29 is 19.1 Å². The summed E-state index contributed by atoms with van der Waals surface area (Å²) in [4.78, 5) is 25.6. The Labute approximate surface area is 135 Å². The molecule has 0 aliphatic carbocycles. The predicted molar refractivity (Wildman–Crippen MR) is 87.1 cm³/mol. The minimum Gasteiger partial charge on any atom is -0.493 e.